The minimum Gasteiger partial charge on any atom is -0.264 e. The van der Waals surface area contributed by atoms with Gasteiger partial charge in [-0.15, -0.1) is 0 Å². The van der Waals surface area contributed by atoms with Gasteiger partial charge in [0.1, 0.15) is 10.6 Å². The second-order valence-corrected chi connectivity index (χ2v) is 10.3. The first-order valence-corrected chi connectivity index (χ1v) is 11.9. The molecule has 154 valence electrons. The summed E-state index contributed by atoms with van der Waals surface area (Å²) in [6, 6.07) is 10.2. The lowest BCUT2D eigenvalue weighted by molar-refractivity contribution is 0.596. The van der Waals surface area contributed by atoms with E-state index in [0.29, 0.717) is 33.2 Å². The van der Waals surface area contributed by atoms with Gasteiger partial charge in [0.2, 0.25) is 0 Å². The van der Waals surface area contributed by atoms with E-state index in [1.54, 1.807) is 42.7 Å². The second-order valence-electron chi connectivity index (χ2n) is 7.14. The lowest BCUT2D eigenvalue weighted by Crippen LogP contribution is -2.36. The molecule has 0 saturated heterocycles. The third-order valence-corrected chi connectivity index (χ3v) is 8.13. The Hall–Kier alpha value is -2.79. The molecule has 31 heavy (non-hydrogen) atoms. The molecular formula is C22H14FIN4O2S. The van der Waals surface area contributed by atoms with Crippen LogP contribution in [0.2, 0.25) is 0 Å². The van der Waals surface area contributed by atoms with Crippen LogP contribution in [0.5, 0.6) is 0 Å². The molecule has 0 amide bonds. The molecule has 0 fully saturated rings. The van der Waals surface area contributed by atoms with Crippen LogP contribution >= 0.6 is 22.6 Å². The number of allylic oxidation sites excluding steroid dienone is 1. The number of benzene rings is 1. The first kappa shape index (κ1) is 20.1. The molecule has 3 aromatic rings. The van der Waals surface area contributed by atoms with E-state index in [1.165, 1.54) is 6.21 Å². The van der Waals surface area contributed by atoms with Gasteiger partial charge in [-0.2, -0.15) is 0 Å². The Morgan fingerprint density at radius 1 is 1.06 bits per heavy atom. The molecule has 0 radical (unpaired) electrons. The number of aromatic nitrogens is 2. The summed E-state index contributed by atoms with van der Waals surface area (Å²) >= 11 is 1.86. The minimum atomic E-state index is -3.84. The molecule has 2 aliphatic heterocycles. The number of pyridine rings is 2. The highest BCUT2D eigenvalue weighted by molar-refractivity contribution is 14.1. The number of rotatable bonds is 3. The molecule has 1 unspecified atom stereocenters. The van der Waals surface area contributed by atoms with Crippen LogP contribution in [0, 0.1) is 16.3 Å². The summed E-state index contributed by atoms with van der Waals surface area (Å²) in [5, 5.41) is -0.417. The smallest absolute Gasteiger partial charge is 0.190 e. The van der Waals surface area contributed by atoms with Gasteiger partial charge in [0.25, 0.3) is 0 Å². The zero-order chi connectivity index (χ0) is 21.8. The minimum absolute atomic E-state index is 0.177. The molecule has 9 heteroatoms. The topological polar surface area (TPSA) is 84.6 Å². The molecule has 1 aromatic carbocycles. The lowest BCUT2D eigenvalue weighted by atomic mass is 10.0. The van der Waals surface area contributed by atoms with Gasteiger partial charge in [-0.25, -0.2) is 17.8 Å². The molecule has 0 bridgehead atoms. The number of nitrogens with zero attached hydrogens (tertiary/aromatic N) is 4. The molecule has 0 aliphatic carbocycles. The average molecular weight is 544 g/mol. The number of halogens is 2. The molecule has 2 aliphatic rings. The van der Waals surface area contributed by atoms with E-state index in [9.17, 15) is 12.8 Å². The van der Waals surface area contributed by atoms with Crippen LogP contribution < -0.4 is 10.7 Å². The van der Waals surface area contributed by atoms with E-state index >= 15 is 0 Å². The van der Waals surface area contributed by atoms with E-state index in [1.807, 2.05) is 35.6 Å². The van der Waals surface area contributed by atoms with Gasteiger partial charge in [0, 0.05) is 29.7 Å². The number of hydrogen-bond donors (Lipinski definition) is 0. The predicted molar refractivity (Wildman–Crippen MR) is 123 cm³/mol. The maximum absolute atomic E-state index is 14.2. The van der Waals surface area contributed by atoms with Gasteiger partial charge in [-0.3, -0.25) is 15.0 Å². The van der Waals surface area contributed by atoms with Crippen molar-refractivity contribution >= 4 is 49.9 Å². The van der Waals surface area contributed by atoms with Gasteiger partial charge in [0.05, 0.1) is 31.4 Å². The van der Waals surface area contributed by atoms with E-state index in [2.05, 4.69) is 20.0 Å². The van der Waals surface area contributed by atoms with Crippen molar-refractivity contribution in [3.05, 3.63) is 91.9 Å². The fourth-order valence-corrected chi connectivity index (χ4v) is 5.67. The predicted octanol–water partition coefficient (Wildman–Crippen LogP) is 2.61. The Labute approximate surface area is 191 Å². The summed E-state index contributed by atoms with van der Waals surface area (Å²) in [5.41, 5.74) is 2.90. The average Bonchev–Trinajstić information content (AvgIpc) is 3.17. The molecule has 0 spiro atoms. The Morgan fingerprint density at radius 2 is 1.84 bits per heavy atom. The molecule has 5 rings (SSSR count). The van der Waals surface area contributed by atoms with E-state index in [0.717, 1.165) is 11.8 Å². The second kappa shape index (κ2) is 7.41. The molecule has 2 aromatic heterocycles. The normalized spacial score (nSPS) is 17.4. The monoisotopic (exact) mass is 544 g/mol. The fourth-order valence-electron chi connectivity index (χ4n) is 3.59. The van der Waals surface area contributed by atoms with Gasteiger partial charge in [-0.1, -0.05) is 17.7 Å². The third kappa shape index (κ3) is 3.23. The quantitative estimate of drug-likeness (QED) is 0.475. The van der Waals surface area contributed by atoms with Crippen molar-refractivity contribution in [3.63, 3.8) is 0 Å². The summed E-state index contributed by atoms with van der Waals surface area (Å²) in [4.78, 5) is 17.6. The van der Waals surface area contributed by atoms with E-state index in [-0.39, 0.29) is 8.47 Å². The van der Waals surface area contributed by atoms with Crippen molar-refractivity contribution in [2.24, 2.45) is 9.98 Å². The van der Waals surface area contributed by atoms with Crippen LogP contribution in [0.1, 0.15) is 11.1 Å². The fraction of sp³-hybridized carbons (Fsp3) is 0.0909. The third-order valence-electron chi connectivity index (χ3n) is 5.15. The first-order valence-electron chi connectivity index (χ1n) is 9.30. The first-order chi connectivity index (χ1) is 14.9. The van der Waals surface area contributed by atoms with Crippen molar-refractivity contribution in [1.82, 2.24) is 9.97 Å². The lowest BCUT2D eigenvalue weighted by Gasteiger charge is -2.21. The highest BCUT2D eigenvalue weighted by atomic mass is 127. The van der Waals surface area contributed by atoms with Crippen LogP contribution in [0.25, 0.3) is 11.3 Å². The van der Waals surface area contributed by atoms with Crippen molar-refractivity contribution in [3.8, 4) is 0 Å². The highest BCUT2D eigenvalue weighted by Gasteiger charge is 2.38. The number of fused-ring (bicyclic) bond motifs is 2. The maximum atomic E-state index is 14.2. The molecule has 1 atom stereocenters. The number of aryl methyl sites for hydroxylation is 1. The molecule has 4 heterocycles. The SMILES string of the molecule is Cc1ccc(S(=O)(=O)C2C=NC(c3cccnc3)=C3N=c4c(I)c(F)cnc4=C32)cc1. The largest absolute Gasteiger partial charge is 0.264 e. The van der Waals surface area contributed by atoms with Crippen molar-refractivity contribution in [1.29, 1.82) is 0 Å². The van der Waals surface area contributed by atoms with Crippen molar-refractivity contribution in [2.75, 3.05) is 0 Å². The van der Waals surface area contributed by atoms with Crippen LogP contribution in [-0.4, -0.2) is 29.9 Å². The molecule has 0 N–H and O–H groups in total. The van der Waals surface area contributed by atoms with Crippen LogP contribution in [0.4, 0.5) is 4.39 Å². The standard InChI is InChI=1S/C22H14FIN4O2S/c1-12-4-6-14(7-5-12)31(29,30)16-11-27-19(13-3-2-8-25-9-13)21-17(16)20-22(28-21)18(24)15(23)10-26-20/h2-11,16H,1H3. The van der Waals surface area contributed by atoms with E-state index in [4.69, 9.17) is 0 Å². The molecule has 6 nitrogen and oxygen atoms in total. The summed E-state index contributed by atoms with van der Waals surface area (Å²) < 4.78 is 41.6. The Balaban J connectivity index is 1.81. The molecule has 0 saturated carbocycles. The molecular weight excluding hydrogens is 530 g/mol. The van der Waals surface area contributed by atoms with E-state index < -0.39 is 20.9 Å². The Kier molecular flexibility index (Phi) is 4.82. The van der Waals surface area contributed by atoms with Crippen molar-refractivity contribution in [2.45, 2.75) is 17.1 Å². The summed E-state index contributed by atoms with van der Waals surface area (Å²) in [6.07, 6.45) is 5.76. The van der Waals surface area contributed by atoms with Gasteiger partial charge in [0.15, 0.2) is 15.7 Å². The van der Waals surface area contributed by atoms with Gasteiger partial charge < -0.3 is 0 Å². The van der Waals surface area contributed by atoms with Crippen LogP contribution in [-0.2, 0) is 9.84 Å². The van der Waals surface area contributed by atoms with Crippen molar-refractivity contribution < 1.29 is 12.8 Å². The highest BCUT2D eigenvalue weighted by Crippen LogP contribution is 2.36. The zero-order valence-corrected chi connectivity index (χ0v) is 19.1. The summed E-state index contributed by atoms with van der Waals surface area (Å²) in [6.45, 7) is 1.89. The number of aliphatic imine (C=N–C) groups is 1. The summed E-state index contributed by atoms with van der Waals surface area (Å²) in [5.74, 6) is -0.510. The zero-order valence-electron chi connectivity index (χ0n) is 16.1. The van der Waals surface area contributed by atoms with Crippen LogP contribution in [0.15, 0.2) is 75.6 Å². The summed E-state index contributed by atoms with van der Waals surface area (Å²) in [7, 11) is -3.84. The number of hydrogen-bond acceptors (Lipinski definition) is 6. The Bertz CT molecular complexity index is 1520. The Morgan fingerprint density at radius 3 is 2.55 bits per heavy atom. The maximum Gasteiger partial charge on any atom is 0.190 e. The van der Waals surface area contributed by atoms with Crippen LogP contribution in [0.3, 0.4) is 0 Å². The van der Waals surface area contributed by atoms with Gasteiger partial charge >= 0.3 is 0 Å². The number of sulfone groups is 1. The van der Waals surface area contributed by atoms with Gasteiger partial charge in [-0.05, 0) is 53.8 Å².